The van der Waals surface area contributed by atoms with Gasteiger partial charge in [-0.2, -0.15) is 5.10 Å². The number of nitrogens with zero attached hydrogens (tertiary/aromatic N) is 2. The first-order valence-corrected chi connectivity index (χ1v) is 8.13. The van der Waals surface area contributed by atoms with Crippen LogP contribution in [0.15, 0.2) is 0 Å². The van der Waals surface area contributed by atoms with E-state index < -0.39 is 0 Å². The third-order valence-electron chi connectivity index (χ3n) is 4.60. The number of hydrazine groups is 1. The largest absolute Gasteiger partial charge is 0.271 e. The molecule has 1 atom stereocenters. The Morgan fingerprint density at radius 1 is 1.40 bits per heavy atom. The fraction of sp³-hybridized carbons (Fsp3) is 0.800. The molecular formula is C15H27ClN4. The summed E-state index contributed by atoms with van der Waals surface area (Å²) in [7, 11) is 1.88. The number of nitrogens with two attached hydrogens (primary N) is 1. The van der Waals surface area contributed by atoms with Crippen LogP contribution in [-0.4, -0.2) is 15.8 Å². The van der Waals surface area contributed by atoms with Crippen LogP contribution in [0.1, 0.15) is 56.2 Å². The molecule has 0 spiro atoms. The predicted octanol–water partition coefficient (Wildman–Crippen LogP) is 3.12. The summed E-state index contributed by atoms with van der Waals surface area (Å²) in [4.78, 5) is 0. The average molecular weight is 299 g/mol. The van der Waals surface area contributed by atoms with Gasteiger partial charge >= 0.3 is 0 Å². The highest BCUT2D eigenvalue weighted by Gasteiger charge is 2.19. The summed E-state index contributed by atoms with van der Waals surface area (Å²) in [6.07, 6.45) is 10.3. The van der Waals surface area contributed by atoms with Crippen molar-refractivity contribution in [3.05, 3.63) is 16.4 Å². The molecule has 0 aliphatic heterocycles. The summed E-state index contributed by atoms with van der Waals surface area (Å²) in [5, 5.41) is 5.10. The first kappa shape index (κ1) is 15.8. The Hall–Kier alpha value is -0.580. The molecule has 3 N–H and O–H groups in total. The van der Waals surface area contributed by atoms with E-state index in [-0.39, 0.29) is 6.04 Å². The lowest BCUT2D eigenvalue weighted by Gasteiger charge is -2.24. The van der Waals surface area contributed by atoms with Gasteiger partial charge < -0.3 is 0 Å². The molecule has 1 unspecified atom stereocenters. The lowest BCUT2D eigenvalue weighted by molar-refractivity contribution is 0.313. The molecule has 0 saturated heterocycles. The van der Waals surface area contributed by atoms with E-state index in [2.05, 4.69) is 10.5 Å². The van der Waals surface area contributed by atoms with Crippen LogP contribution in [0.4, 0.5) is 0 Å². The smallest absolute Gasteiger partial charge is 0.130 e. The Kier molecular flexibility index (Phi) is 5.87. The molecule has 1 aliphatic carbocycles. The SMILES string of the molecule is Cc1nn(C)c(Cl)c1CC(CCC1CCCCC1)NN. The highest BCUT2D eigenvalue weighted by molar-refractivity contribution is 6.30. The van der Waals surface area contributed by atoms with Gasteiger partial charge in [0.15, 0.2) is 0 Å². The molecule has 0 aromatic carbocycles. The van der Waals surface area contributed by atoms with Crippen LogP contribution in [0, 0.1) is 12.8 Å². The van der Waals surface area contributed by atoms with Gasteiger partial charge in [0.1, 0.15) is 5.15 Å². The number of hydrogen-bond donors (Lipinski definition) is 2. The Balaban J connectivity index is 1.88. The van der Waals surface area contributed by atoms with Gasteiger partial charge in [-0.15, -0.1) is 0 Å². The van der Waals surface area contributed by atoms with Crippen LogP contribution in [0.3, 0.4) is 0 Å². The van der Waals surface area contributed by atoms with Gasteiger partial charge in [-0.1, -0.05) is 43.7 Å². The normalized spacial score (nSPS) is 18.4. The average Bonchev–Trinajstić information content (AvgIpc) is 2.70. The summed E-state index contributed by atoms with van der Waals surface area (Å²) in [6.45, 7) is 2.01. The van der Waals surface area contributed by atoms with Gasteiger partial charge in [-0.05, 0) is 32.1 Å². The van der Waals surface area contributed by atoms with E-state index in [9.17, 15) is 0 Å². The van der Waals surface area contributed by atoms with E-state index in [0.717, 1.165) is 35.2 Å². The molecule has 1 heterocycles. The van der Waals surface area contributed by atoms with Gasteiger partial charge in [0, 0.05) is 18.7 Å². The highest BCUT2D eigenvalue weighted by atomic mass is 35.5. The molecule has 1 saturated carbocycles. The number of aromatic nitrogens is 2. The molecule has 0 bridgehead atoms. The summed E-state index contributed by atoms with van der Waals surface area (Å²) in [5.41, 5.74) is 5.09. The summed E-state index contributed by atoms with van der Waals surface area (Å²) in [5.74, 6) is 6.62. The van der Waals surface area contributed by atoms with E-state index in [1.807, 2.05) is 14.0 Å². The fourth-order valence-electron chi connectivity index (χ4n) is 3.31. The maximum absolute atomic E-state index is 6.30. The Labute approximate surface area is 127 Å². The maximum atomic E-state index is 6.30. The minimum Gasteiger partial charge on any atom is -0.271 e. The third-order valence-corrected chi connectivity index (χ3v) is 5.08. The van der Waals surface area contributed by atoms with Crippen LogP contribution < -0.4 is 11.3 Å². The second-order valence-corrected chi connectivity index (χ2v) is 6.49. The van der Waals surface area contributed by atoms with Crippen molar-refractivity contribution in [3.63, 3.8) is 0 Å². The molecule has 114 valence electrons. The number of aryl methyl sites for hydroxylation is 2. The fourth-order valence-corrected chi connectivity index (χ4v) is 3.56. The topological polar surface area (TPSA) is 55.9 Å². The summed E-state index contributed by atoms with van der Waals surface area (Å²) >= 11 is 6.30. The predicted molar refractivity (Wildman–Crippen MR) is 83.6 cm³/mol. The third kappa shape index (κ3) is 3.96. The first-order chi connectivity index (χ1) is 9.61. The van der Waals surface area contributed by atoms with E-state index in [4.69, 9.17) is 17.4 Å². The van der Waals surface area contributed by atoms with Gasteiger partial charge in [0.2, 0.25) is 0 Å². The number of rotatable bonds is 6. The van der Waals surface area contributed by atoms with E-state index in [1.54, 1.807) is 4.68 Å². The van der Waals surface area contributed by atoms with Crippen molar-refractivity contribution in [2.75, 3.05) is 0 Å². The molecule has 0 radical (unpaired) electrons. The Morgan fingerprint density at radius 2 is 2.10 bits per heavy atom. The summed E-state index contributed by atoms with van der Waals surface area (Å²) in [6, 6.07) is 0.289. The van der Waals surface area contributed by atoms with Crippen molar-refractivity contribution in [3.8, 4) is 0 Å². The first-order valence-electron chi connectivity index (χ1n) is 7.76. The minimum absolute atomic E-state index is 0.289. The van der Waals surface area contributed by atoms with Crippen molar-refractivity contribution in [1.82, 2.24) is 15.2 Å². The molecule has 5 heteroatoms. The van der Waals surface area contributed by atoms with Crippen LogP contribution in [0.2, 0.25) is 5.15 Å². The Morgan fingerprint density at radius 3 is 2.65 bits per heavy atom. The van der Waals surface area contributed by atoms with Gasteiger partial charge in [-0.3, -0.25) is 16.0 Å². The van der Waals surface area contributed by atoms with Gasteiger partial charge in [0.05, 0.1) is 5.69 Å². The van der Waals surface area contributed by atoms with Crippen LogP contribution in [0.25, 0.3) is 0 Å². The molecule has 0 amide bonds. The molecule has 1 aromatic heterocycles. The molecule has 2 rings (SSSR count). The van der Waals surface area contributed by atoms with Crippen LogP contribution in [-0.2, 0) is 13.5 Å². The lowest BCUT2D eigenvalue weighted by atomic mass is 9.84. The molecule has 1 aliphatic rings. The van der Waals surface area contributed by atoms with Crippen molar-refractivity contribution < 1.29 is 0 Å². The number of halogens is 1. The number of nitrogens with one attached hydrogen (secondary N) is 1. The molecule has 4 nitrogen and oxygen atoms in total. The van der Waals surface area contributed by atoms with E-state index in [1.165, 1.54) is 38.5 Å². The molecule has 1 fully saturated rings. The summed E-state index contributed by atoms with van der Waals surface area (Å²) < 4.78 is 1.74. The van der Waals surface area contributed by atoms with Crippen molar-refractivity contribution >= 4 is 11.6 Å². The van der Waals surface area contributed by atoms with E-state index in [0.29, 0.717) is 0 Å². The maximum Gasteiger partial charge on any atom is 0.130 e. The molecule has 20 heavy (non-hydrogen) atoms. The minimum atomic E-state index is 0.289. The Bertz CT molecular complexity index is 424. The zero-order valence-electron chi connectivity index (χ0n) is 12.7. The zero-order valence-corrected chi connectivity index (χ0v) is 13.4. The molecule has 1 aromatic rings. The van der Waals surface area contributed by atoms with Crippen molar-refractivity contribution in [2.24, 2.45) is 18.8 Å². The van der Waals surface area contributed by atoms with Gasteiger partial charge in [0.25, 0.3) is 0 Å². The molecular weight excluding hydrogens is 272 g/mol. The van der Waals surface area contributed by atoms with Crippen LogP contribution >= 0.6 is 11.6 Å². The lowest BCUT2D eigenvalue weighted by Crippen LogP contribution is -2.37. The second kappa shape index (κ2) is 7.43. The zero-order chi connectivity index (χ0) is 14.5. The van der Waals surface area contributed by atoms with Crippen LogP contribution in [0.5, 0.6) is 0 Å². The van der Waals surface area contributed by atoms with Crippen molar-refractivity contribution in [1.29, 1.82) is 0 Å². The monoisotopic (exact) mass is 298 g/mol. The van der Waals surface area contributed by atoms with E-state index >= 15 is 0 Å². The number of hydrogen-bond acceptors (Lipinski definition) is 3. The standard InChI is InChI=1S/C15H27ClN4/c1-11-14(15(16)20(2)19-11)10-13(18-17)9-8-12-6-4-3-5-7-12/h12-13,18H,3-10,17H2,1-2H3. The van der Waals surface area contributed by atoms with Gasteiger partial charge in [-0.25, -0.2) is 0 Å². The second-order valence-electron chi connectivity index (χ2n) is 6.13. The highest BCUT2D eigenvalue weighted by Crippen LogP contribution is 2.28. The van der Waals surface area contributed by atoms with Crippen molar-refractivity contribution in [2.45, 2.75) is 64.3 Å². The quantitative estimate of drug-likeness (QED) is 0.627.